The first-order valence-electron chi connectivity index (χ1n) is 11.8. The Labute approximate surface area is 207 Å². The normalized spacial score (nSPS) is 17.3. The number of hydrogen-bond acceptors (Lipinski definition) is 5. The molecule has 1 unspecified atom stereocenters. The predicted molar refractivity (Wildman–Crippen MR) is 141 cm³/mol. The first-order chi connectivity index (χ1) is 17.1. The number of nitrogens with zero attached hydrogens (tertiary/aromatic N) is 2. The number of thiophene rings is 1. The van der Waals surface area contributed by atoms with Crippen molar-refractivity contribution < 1.29 is 9.59 Å². The molecule has 7 nitrogen and oxygen atoms in total. The van der Waals surface area contributed by atoms with Crippen LogP contribution in [-0.4, -0.2) is 36.1 Å². The Morgan fingerprint density at radius 1 is 1.17 bits per heavy atom. The predicted octanol–water partition coefficient (Wildman–Crippen LogP) is 5.44. The van der Waals surface area contributed by atoms with E-state index in [1.807, 2.05) is 36.4 Å². The van der Waals surface area contributed by atoms with Crippen LogP contribution in [0.5, 0.6) is 0 Å². The van der Waals surface area contributed by atoms with E-state index in [4.69, 9.17) is 0 Å². The third-order valence-corrected chi connectivity index (χ3v) is 7.74. The zero-order valence-electron chi connectivity index (χ0n) is 19.3. The minimum atomic E-state index is -0.293. The second-order valence-electron chi connectivity index (χ2n) is 8.96. The quantitative estimate of drug-likeness (QED) is 0.361. The van der Waals surface area contributed by atoms with E-state index in [1.165, 1.54) is 16.9 Å². The van der Waals surface area contributed by atoms with Crippen LogP contribution >= 0.6 is 11.3 Å². The largest absolute Gasteiger partial charge is 0.347 e. The second-order valence-corrected chi connectivity index (χ2v) is 9.96. The molecule has 176 valence electrons. The van der Waals surface area contributed by atoms with Gasteiger partial charge in [-0.2, -0.15) is 0 Å². The van der Waals surface area contributed by atoms with Crippen LogP contribution < -0.4 is 20.9 Å². The van der Waals surface area contributed by atoms with E-state index in [-0.39, 0.29) is 18.0 Å². The van der Waals surface area contributed by atoms with Gasteiger partial charge < -0.3 is 16.0 Å². The number of piperidine rings is 1. The van der Waals surface area contributed by atoms with Gasteiger partial charge in [-0.1, -0.05) is 36.4 Å². The smallest absolute Gasteiger partial charge is 0.331 e. The van der Waals surface area contributed by atoms with Crippen molar-refractivity contribution >= 4 is 50.6 Å². The van der Waals surface area contributed by atoms with Crippen molar-refractivity contribution in [3.05, 3.63) is 71.2 Å². The van der Waals surface area contributed by atoms with Crippen molar-refractivity contribution in [2.24, 2.45) is 0 Å². The number of anilines is 3. The number of benzene rings is 2. The SMILES string of the molecule is Cc1ccccc1-c1cccc(N2C(=O)Nc3c(C(=O)NC4CCCNC4)sc4nccc2c34)c1. The van der Waals surface area contributed by atoms with E-state index < -0.39 is 0 Å². The van der Waals surface area contributed by atoms with Crippen LogP contribution in [-0.2, 0) is 0 Å². The average molecular weight is 484 g/mol. The topological polar surface area (TPSA) is 86.4 Å². The minimum Gasteiger partial charge on any atom is -0.347 e. The van der Waals surface area contributed by atoms with Gasteiger partial charge in [0.15, 0.2) is 0 Å². The lowest BCUT2D eigenvalue weighted by atomic mass is 10.00. The van der Waals surface area contributed by atoms with Crippen LogP contribution in [0.4, 0.5) is 21.9 Å². The summed E-state index contributed by atoms with van der Waals surface area (Å²) in [6.07, 6.45) is 3.67. The second kappa shape index (κ2) is 8.79. The molecule has 2 aromatic heterocycles. The van der Waals surface area contributed by atoms with Crippen molar-refractivity contribution in [2.45, 2.75) is 25.8 Å². The van der Waals surface area contributed by atoms with E-state index in [0.29, 0.717) is 10.6 Å². The van der Waals surface area contributed by atoms with Gasteiger partial charge in [-0.3, -0.25) is 9.69 Å². The lowest BCUT2D eigenvalue weighted by Crippen LogP contribution is -2.45. The molecule has 0 saturated carbocycles. The standard InChI is InChI=1S/C27H25N5O2S/c1-16-6-2-3-10-20(16)17-7-4-9-19(14-17)32-21-11-13-29-26-22(21)23(31-27(32)34)24(35-26)25(33)30-18-8-5-12-28-15-18/h2-4,6-7,9-11,13-14,18,28H,5,8,12,15H2,1H3,(H,30,33)(H,31,34). The molecule has 3 amide bonds. The zero-order valence-corrected chi connectivity index (χ0v) is 20.1. The molecule has 0 spiro atoms. The fourth-order valence-corrected chi connectivity index (χ4v) is 5.96. The molecule has 0 radical (unpaired) electrons. The first kappa shape index (κ1) is 21.8. The average Bonchev–Trinajstić information content (AvgIpc) is 3.25. The molecule has 4 aromatic rings. The summed E-state index contributed by atoms with van der Waals surface area (Å²) in [6, 6.07) is 17.8. The fourth-order valence-electron chi connectivity index (χ4n) is 4.94. The molecular weight excluding hydrogens is 458 g/mol. The summed E-state index contributed by atoms with van der Waals surface area (Å²) < 4.78 is 0. The van der Waals surface area contributed by atoms with Crippen LogP contribution in [0.1, 0.15) is 28.1 Å². The molecule has 6 rings (SSSR count). The zero-order chi connectivity index (χ0) is 23.9. The highest BCUT2D eigenvalue weighted by molar-refractivity contribution is 7.21. The van der Waals surface area contributed by atoms with Crippen molar-refractivity contribution in [1.29, 1.82) is 0 Å². The Hall–Kier alpha value is -3.75. The molecular formula is C27H25N5O2S. The minimum absolute atomic E-state index is 0.0843. The third kappa shape index (κ3) is 3.84. The number of aromatic nitrogens is 1. The molecule has 1 fully saturated rings. The van der Waals surface area contributed by atoms with Gasteiger partial charge >= 0.3 is 6.03 Å². The van der Waals surface area contributed by atoms with Gasteiger partial charge in [-0.05, 0) is 61.2 Å². The number of carbonyl (C=O) groups is 2. The first-order valence-corrected chi connectivity index (χ1v) is 12.6. The van der Waals surface area contributed by atoms with Crippen LogP contribution in [0.3, 0.4) is 0 Å². The molecule has 1 saturated heterocycles. The number of urea groups is 1. The third-order valence-electron chi connectivity index (χ3n) is 6.64. The number of nitrogens with one attached hydrogen (secondary N) is 3. The Kier molecular flexibility index (Phi) is 5.47. The summed E-state index contributed by atoms with van der Waals surface area (Å²) in [5, 5.41) is 10.2. The number of aryl methyl sites for hydroxylation is 1. The van der Waals surface area contributed by atoms with Gasteiger partial charge in [0.1, 0.15) is 9.71 Å². The van der Waals surface area contributed by atoms with Crippen LogP contribution in [0.25, 0.3) is 21.3 Å². The highest BCUT2D eigenvalue weighted by Gasteiger charge is 2.33. The van der Waals surface area contributed by atoms with Gasteiger partial charge in [0.25, 0.3) is 5.91 Å². The summed E-state index contributed by atoms with van der Waals surface area (Å²) in [6.45, 7) is 3.81. The van der Waals surface area contributed by atoms with Crippen LogP contribution in [0.2, 0.25) is 0 Å². The van der Waals surface area contributed by atoms with E-state index in [0.717, 1.165) is 58.6 Å². The van der Waals surface area contributed by atoms with Gasteiger partial charge in [-0.25, -0.2) is 9.78 Å². The van der Waals surface area contributed by atoms with Gasteiger partial charge in [0.05, 0.1) is 22.4 Å². The summed E-state index contributed by atoms with van der Waals surface area (Å²) in [7, 11) is 0. The summed E-state index contributed by atoms with van der Waals surface area (Å²) in [5.41, 5.74) is 5.36. The van der Waals surface area contributed by atoms with Gasteiger partial charge in [-0.15, -0.1) is 11.3 Å². The molecule has 0 bridgehead atoms. The number of carbonyl (C=O) groups excluding carboxylic acids is 2. The fraction of sp³-hybridized carbons (Fsp3) is 0.222. The van der Waals surface area contributed by atoms with Crippen molar-refractivity contribution in [3.63, 3.8) is 0 Å². The van der Waals surface area contributed by atoms with Gasteiger partial charge in [0.2, 0.25) is 0 Å². The Balaban J connectivity index is 1.40. The van der Waals surface area contributed by atoms with Crippen LogP contribution in [0, 0.1) is 6.92 Å². The van der Waals surface area contributed by atoms with Crippen molar-refractivity contribution in [1.82, 2.24) is 15.6 Å². The molecule has 35 heavy (non-hydrogen) atoms. The monoisotopic (exact) mass is 483 g/mol. The molecule has 2 aliphatic heterocycles. The van der Waals surface area contributed by atoms with E-state index in [9.17, 15) is 9.59 Å². The maximum Gasteiger partial charge on any atom is 0.331 e. The van der Waals surface area contributed by atoms with E-state index >= 15 is 0 Å². The number of hydrogen-bond donors (Lipinski definition) is 3. The van der Waals surface area contributed by atoms with Crippen LogP contribution in [0.15, 0.2) is 60.8 Å². The lowest BCUT2D eigenvalue weighted by molar-refractivity contribution is 0.0935. The van der Waals surface area contributed by atoms with Crippen molar-refractivity contribution in [3.8, 4) is 11.1 Å². The highest BCUT2D eigenvalue weighted by atomic mass is 32.1. The summed E-state index contributed by atoms with van der Waals surface area (Å²) in [4.78, 5) is 34.0. The molecule has 0 aliphatic carbocycles. The highest BCUT2D eigenvalue weighted by Crippen LogP contribution is 2.46. The Morgan fingerprint density at radius 2 is 2.06 bits per heavy atom. The maximum atomic E-state index is 13.4. The van der Waals surface area contributed by atoms with Crippen molar-refractivity contribution in [2.75, 3.05) is 23.3 Å². The summed E-state index contributed by atoms with van der Waals surface area (Å²) >= 11 is 1.32. The molecule has 8 heteroatoms. The number of amides is 3. The Bertz CT molecular complexity index is 1460. The molecule has 1 atom stereocenters. The number of pyridine rings is 1. The molecule has 3 N–H and O–H groups in total. The van der Waals surface area contributed by atoms with Gasteiger partial charge in [0, 0.05) is 18.8 Å². The molecule has 2 aliphatic rings. The maximum absolute atomic E-state index is 13.4. The summed E-state index contributed by atoms with van der Waals surface area (Å²) in [5.74, 6) is -0.169. The number of rotatable bonds is 4. The van der Waals surface area contributed by atoms with E-state index in [2.05, 4.69) is 46.1 Å². The molecule has 2 aromatic carbocycles. The van der Waals surface area contributed by atoms with E-state index in [1.54, 1.807) is 11.1 Å². The lowest BCUT2D eigenvalue weighted by Gasteiger charge is -2.29. The molecule has 4 heterocycles. The Morgan fingerprint density at radius 3 is 2.89 bits per heavy atom.